The van der Waals surface area contributed by atoms with Gasteiger partial charge >= 0.3 is 5.97 Å². The van der Waals surface area contributed by atoms with Crippen LogP contribution in [0, 0.1) is 0 Å². The molecule has 7 nitrogen and oxygen atoms in total. The number of carboxylic acids is 1. The number of benzene rings is 2. The van der Waals surface area contributed by atoms with Crippen molar-refractivity contribution < 1.29 is 23.1 Å². The fraction of sp³-hybridized carbons (Fsp3) is 0.105. The number of carboxylic acid groups (broad SMARTS) is 1. The fourth-order valence-electron chi connectivity index (χ4n) is 2.51. The molecule has 0 aliphatic heterocycles. The van der Waals surface area contributed by atoms with Crippen LogP contribution >= 0.6 is 11.6 Å². The lowest BCUT2D eigenvalue weighted by molar-refractivity contribution is -0.139. The Bertz CT molecular complexity index is 1080. The van der Waals surface area contributed by atoms with Crippen LogP contribution in [0.4, 0.5) is 5.69 Å². The zero-order valence-corrected chi connectivity index (χ0v) is 16.2. The number of rotatable bonds is 8. The molecule has 0 fully saturated rings. The Balaban J connectivity index is 1.75. The minimum atomic E-state index is -3.67. The van der Waals surface area contributed by atoms with Gasteiger partial charge in [-0.25, -0.2) is 17.2 Å². The first-order chi connectivity index (χ1) is 13.4. The van der Waals surface area contributed by atoms with E-state index in [2.05, 4.69) is 5.32 Å². The number of ether oxygens (including phenoxy) is 1. The number of hydrogen-bond donors (Lipinski definition) is 2. The Morgan fingerprint density at radius 1 is 1.14 bits per heavy atom. The number of nitrogens with one attached hydrogen (secondary N) is 1. The molecule has 0 aliphatic carbocycles. The second kappa shape index (κ2) is 8.37. The van der Waals surface area contributed by atoms with Crippen molar-refractivity contribution in [2.45, 2.75) is 11.4 Å². The van der Waals surface area contributed by atoms with Crippen molar-refractivity contribution in [3.8, 4) is 5.75 Å². The van der Waals surface area contributed by atoms with Crippen LogP contribution in [0.25, 0.3) is 0 Å². The van der Waals surface area contributed by atoms with Crippen LogP contribution in [0.3, 0.4) is 0 Å². The van der Waals surface area contributed by atoms with E-state index in [1.54, 1.807) is 42.5 Å². The molecule has 0 bridgehead atoms. The third-order valence-corrected chi connectivity index (χ3v) is 5.73. The number of aromatic nitrogens is 1. The van der Waals surface area contributed by atoms with Crippen LogP contribution in [0.5, 0.6) is 5.75 Å². The Kier molecular flexibility index (Phi) is 5.91. The quantitative estimate of drug-likeness (QED) is 0.579. The summed E-state index contributed by atoms with van der Waals surface area (Å²) in [6, 6.07) is 14.6. The van der Waals surface area contributed by atoms with Crippen LogP contribution < -0.4 is 10.1 Å². The van der Waals surface area contributed by atoms with Gasteiger partial charge in [0, 0.05) is 29.5 Å². The zero-order valence-electron chi connectivity index (χ0n) is 14.6. The van der Waals surface area contributed by atoms with Gasteiger partial charge in [-0.15, -0.1) is 0 Å². The van der Waals surface area contributed by atoms with Crippen molar-refractivity contribution in [1.82, 2.24) is 3.97 Å². The van der Waals surface area contributed by atoms with E-state index in [4.69, 9.17) is 21.4 Å². The molecule has 2 aromatic carbocycles. The first-order valence-corrected chi connectivity index (χ1v) is 10.0. The Morgan fingerprint density at radius 3 is 2.61 bits per heavy atom. The predicted molar refractivity (Wildman–Crippen MR) is 105 cm³/mol. The van der Waals surface area contributed by atoms with Gasteiger partial charge in [-0.3, -0.25) is 0 Å². The van der Waals surface area contributed by atoms with Crippen molar-refractivity contribution >= 4 is 33.3 Å². The maximum atomic E-state index is 12.6. The van der Waals surface area contributed by atoms with Crippen molar-refractivity contribution in [2.75, 3.05) is 11.9 Å². The van der Waals surface area contributed by atoms with Crippen molar-refractivity contribution in [1.29, 1.82) is 0 Å². The summed E-state index contributed by atoms with van der Waals surface area (Å²) in [5.41, 5.74) is 1.22. The van der Waals surface area contributed by atoms with Crippen LogP contribution in [-0.4, -0.2) is 30.1 Å². The lowest BCUT2D eigenvalue weighted by atomic mass is 10.2. The molecule has 0 saturated carbocycles. The molecule has 0 aliphatic rings. The van der Waals surface area contributed by atoms with Gasteiger partial charge in [0.2, 0.25) is 0 Å². The molecule has 0 saturated heterocycles. The average Bonchev–Trinajstić information content (AvgIpc) is 3.16. The van der Waals surface area contributed by atoms with Crippen LogP contribution in [0.2, 0.25) is 5.02 Å². The summed E-state index contributed by atoms with van der Waals surface area (Å²) in [6.07, 6.45) is 2.91. The molecular formula is C19H17ClN2O5S. The van der Waals surface area contributed by atoms with E-state index in [1.807, 2.05) is 0 Å². The Morgan fingerprint density at radius 2 is 1.89 bits per heavy atom. The summed E-state index contributed by atoms with van der Waals surface area (Å²) in [6.45, 7) is -0.203. The number of aliphatic carboxylic acids is 1. The molecule has 0 amide bonds. The summed E-state index contributed by atoms with van der Waals surface area (Å²) < 4.78 is 31.6. The molecule has 0 unspecified atom stereocenters. The highest BCUT2D eigenvalue weighted by atomic mass is 35.5. The molecule has 1 heterocycles. The number of hydrogen-bond acceptors (Lipinski definition) is 5. The van der Waals surface area contributed by atoms with Gasteiger partial charge in [0.25, 0.3) is 10.0 Å². The number of halogens is 1. The van der Waals surface area contributed by atoms with E-state index in [9.17, 15) is 13.2 Å². The SMILES string of the molecule is O=C(O)COc1ccc(Cl)cc1CNc1ccn(S(=O)(=O)c2ccccc2)c1. The Labute approximate surface area is 167 Å². The highest BCUT2D eigenvalue weighted by Crippen LogP contribution is 2.25. The van der Waals surface area contributed by atoms with Crippen LogP contribution in [-0.2, 0) is 21.4 Å². The molecule has 146 valence electrons. The molecule has 9 heteroatoms. The molecule has 28 heavy (non-hydrogen) atoms. The maximum absolute atomic E-state index is 12.6. The third-order valence-electron chi connectivity index (χ3n) is 3.84. The van der Waals surface area contributed by atoms with Crippen molar-refractivity contribution in [2.24, 2.45) is 0 Å². The number of anilines is 1. The summed E-state index contributed by atoms with van der Waals surface area (Å²) in [4.78, 5) is 10.9. The fourth-order valence-corrected chi connectivity index (χ4v) is 3.92. The largest absolute Gasteiger partial charge is 0.482 e. The highest BCUT2D eigenvalue weighted by molar-refractivity contribution is 7.90. The molecule has 0 radical (unpaired) electrons. The van der Waals surface area contributed by atoms with Crippen molar-refractivity contribution in [3.63, 3.8) is 0 Å². The second-order valence-corrected chi connectivity index (χ2v) is 8.12. The van der Waals surface area contributed by atoms with E-state index >= 15 is 0 Å². The van der Waals surface area contributed by atoms with Gasteiger partial charge in [0.05, 0.1) is 10.6 Å². The molecule has 2 N–H and O–H groups in total. The van der Waals surface area contributed by atoms with Crippen LogP contribution in [0.1, 0.15) is 5.56 Å². The van der Waals surface area contributed by atoms with Gasteiger partial charge in [-0.2, -0.15) is 0 Å². The lowest BCUT2D eigenvalue weighted by Gasteiger charge is -2.11. The first-order valence-electron chi connectivity index (χ1n) is 8.22. The van der Waals surface area contributed by atoms with Crippen LogP contribution in [0.15, 0.2) is 71.9 Å². The standard InChI is InChI=1S/C19H17ClN2O5S/c20-15-6-7-18(27-13-19(23)24)14(10-15)11-21-16-8-9-22(12-16)28(25,26)17-4-2-1-3-5-17/h1-10,12,21H,11,13H2,(H,23,24). The molecule has 0 spiro atoms. The minimum Gasteiger partial charge on any atom is -0.482 e. The smallest absolute Gasteiger partial charge is 0.341 e. The monoisotopic (exact) mass is 420 g/mol. The second-order valence-electron chi connectivity index (χ2n) is 5.84. The summed E-state index contributed by atoms with van der Waals surface area (Å²) in [5, 5.41) is 12.3. The van der Waals surface area contributed by atoms with E-state index in [0.717, 1.165) is 3.97 Å². The Hall–Kier alpha value is -2.97. The van der Waals surface area contributed by atoms with Gasteiger partial charge in [0.1, 0.15) is 5.75 Å². The lowest BCUT2D eigenvalue weighted by Crippen LogP contribution is -2.12. The zero-order chi connectivity index (χ0) is 20.1. The van der Waals surface area contributed by atoms with Gasteiger partial charge in [-0.05, 0) is 36.4 Å². The van der Waals surface area contributed by atoms with E-state index in [-0.39, 0.29) is 11.4 Å². The molecule has 3 rings (SSSR count). The molecule has 3 aromatic rings. The van der Waals surface area contributed by atoms with Crippen molar-refractivity contribution in [3.05, 3.63) is 77.6 Å². The van der Waals surface area contributed by atoms with E-state index < -0.39 is 22.6 Å². The molecule has 0 atom stereocenters. The van der Waals surface area contributed by atoms with E-state index in [1.165, 1.54) is 24.5 Å². The van der Waals surface area contributed by atoms with Gasteiger partial charge in [-0.1, -0.05) is 29.8 Å². The van der Waals surface area contributed by atoms with Gasteiger partial charge in [0.15, 0.2) is 6.61 Å². The summed E-state index contributed by atoms with van der Waals surface area (Å²) in [7, 11) is -3.67. The molecule has 1 aromatic heterocycles. The molecular weight excluding hydrogens is 404 g/mol. The number of nitrogens with zero attached hydrogens (tertiary/aromatic N) is 1. The van der Waals surface area contributed by atoms with E-state index in [0.29, 0.717) is 22.0 Å². The topological polar surface area (TPSA) is 97.6 Å². The average molecular weight is 421 g/mol. The summed E-state index contributed by atoms with van der Waals surface area (Å²) >= 11 is 6.01. The maximum Gasteiger partial charge on any atom is 0.341 e. The normalized spacial score (nSPS) is 11.2. The highest BCUT2D eigenvalue weighted by Gasteiger charge is 2.16. The minimum absolute atomic E-state index is 0.191. The number of carbonyl (C=O) groups is 1. The summed E-state index contributed by atoms with van der Waals surface area (Å²) in [5.74, 6) is -0.701. The third kappa shape index (κ3) is 4.65. The predicted octanol–water partition coefficient (Wildman–Crippen LogP) is 3.45. The first kappa shape index (κ1) is 19.8. The van der Waals surface area contributed by atoms with Gasteiger partial charge < -0.3 is 15.2 Å².